The van der Waals surface area contributed by atoms with Crippen molar-refractivity contribution in [1.82, 2.24) is 4.98 Å². The zero-order valence-electron chi connectivity index (χ0n) is 9.63. The molecule has 18 heavy (non-hydrogen) atoms. The Morgan fingerprint density at radius 1 is 1.17 bits per heavy atom. The molecule has 3 rings (SSSR count). The van der Waals surface area contributed by atoms with E-state index < -0.39 is 0 Å². The van der Waals surface area contributed by atoms with E-state index >= 15 is 0 Å². The highest BCUT2D eigenvalue weighted by atomic mass is 16.7. The van der Waals surface area contributed by atoms with Gasteiger partial charge in [0.25, 0.3) is 0 Å². The first-order valence-electron chi connectivity index (χ1n) is 5.53. The van der Waals surface area contributed by atoms with Crippen LogP contribution in [0, 0.1) is 0 Å². The van der Waals surface area contributed by atoms with Crippen LogP contribution in [0.15, 0.2) is 36.7 Å². The monoisotopic (exact) mass is 244 g/mol. The average molecular weight is 244 g/mol. The van der Waals surface area contributed by atoms with Crippen LogP contribution in [0.3, 0.4) is 0 Å². The summed E-state index contributed by atoms with van der Waals surface area (Å²) in [5.74, 6) is 2.17. The molecule has 2 aromatic rings. The maximum Gasteiger partial charge on any atom is 0.231 e. The summed E-state index contributed by atoms with van der Waals surface area (Å²) >= 11 is 0. The second-order valence-electron chi connectivity index (χ2n) is 3.93. The number of pyridine rings is 1. The molecule has 5 heteroatoms. The third-order valence-corrected chi connectivity index (χ3v) is 2.58. The molecule has 0 aliphatic carbocycles. The van der Waals surface area contributed by atoms with Crippen molar-refractivity contribution < 1.29 is 14.2 Å². The van der Waals surface area contributed by atoms with E-state index in [0.29, 0.717) is 18.0 Å². The Morgan fingerprint density at radius 3 is 2.94 bits per heavy atom. The summed E-state index contributed by atoms with van der Waals surface area (Å²) in [6, 6.07) is 7.45. The average Bonchev–Trinajstić information content (AvgIpc) is 2.84. The molecule has 0 spiro atoms. The molecule has 1 aromatic heterocycles. The quantitative estimate of drug-likeness (QED) is 0.894. The summed E-state index contributed by atoms with van der Waals surface area (Å²) in [5.41, 5.74) is 7.21. The number of fused-ring (bicyclic) bond motifs is 1. The van der Waals surface area contributed by atoms with Gasteiger partial charge in [-0.3, -0.25) is 4.98 Å². The van der Waals surface area contributed by atoms with Gasteiger partial charge in [-0.2, -0.15) is 0 Å². The van der Waals surface area contributed by atoms with Crippen LogP contribution in [0.5, 0.6) is 17.2 Å². The van der Waals surface area contributed by atoms with Crippen LogP contribution >= 0.6 is 0 Å². The van der Waals surface area contributed by atoms with Crippen molar-refractivity contribution in [3.8, 4) is 17.2 Å². The summed E-state index contributed by atoms with van der Waals surface area (Å²) in [6.45, 7) is 0.709. The number of rotatable bonds is 3. The SMILES string of the molecule is Nc1cncc(OCc2ccc3c(c2)OCO3)c1. The molecule has 1 aliphatic rings. The Labute approximate surface area is 104 Å². The smallest absolute Gasteiger partial charge is 0.231 e. The number of nitrogens with zero attached hydrogens (tertiary/aromatic N) is 1. The van der Waals surface area contributed by atoms with Crippen LogP contribution in [-0.2, 0) is 6.61 Å². The number of nitrogen functional groups attached to an aromatic ring is 1. The van der Waals surface area contributed by atoms with Crippen molar-refractivity contribution in [3.63, 3.8) is 0 Å². The predicted octanol–water partition coefficient (Wildman–Crippen LogP) is 1.97. The Morgan fingerprint density at radius 2 is 2.06 bits per heavy atom. The first-order chi connectivity index (χ1) is 8.81. The Hall–Kier alpha value is -2.43. The highest BCUT2D eigenvalue weighted by molar-refractivity contribution is 5.44. The largest absolute Gasteiger partial charge is 0.487 e. The molecule has 0 atom stereocenters. The van der Waals surface area contributed by atoms with Gasteiger partial charge in [0, 0.05) is 6.07 Å². The van der Waals surface area contributed by atoms with Gasteiger partial charge in [-0.05, 0) is 17.7 Å². The normalized spacial score (nSPS) is 12.4. The highest BCUT2D eigenvalue weighted by Gasteiger charge is 2.13. The van der Waals surface area contributed by atoms with E-state index in [9.17, 15) is 0 Å². The van der Waals surface area contributed by atoms with E-state index in [4.69, 9.17) is 19.9 Å². The fourth-order valence-electron chi connectivity index (χ4n) is 1.71. The van der Waals surface area contributed by atoms with E-state index in [1.165, 1.54) is 0 Å². The van der Waals surface area contributed by atoms with E-state index in [2.05, 4.69) is 4.98 Å². The van der Waals surface area contributed by atoms with Crippen LogP contribution in [0.25, 0.3) is 0 Å². The molecule has 5 nitrogen and oxygen atoms in total. The van der Waals surface area contributed by atoms with E-state index in [1.807, 2.05) is 18.2 Å². The van der Waals surface area contributed by atoms with Gasteiger partial charge < -0.3 is 19.9 Å². The highest BCUT2D eigenvalue weighted by Crippen LogP contribution is 2.32. The fourth-order valence-corrected chi connectivity index (χ4v) is 1.71. The van der Waals surface area contributed by atoms with Crippen LogP contribution in [0.4, 0.5) is 5.69 Å². The summed E-state index contributed by atoms with van der Waals surface area (Å²) in [6.07, 6.45) is 3.21. The third-order valence-electron chi connectivity index (χ3n) is 2.58. The Balaban J connectivity index is 1.70. The summed E-state index contributed by atoms with van der Waals surface area (Å²) < 4.78 is 16.1. The molecule has 0 fully saturated rings. The lowest BCUT2D eigenvalue weighted by atomic mass is 10.2. The standard InChI is InChI=1S/C13H12N2O3/c14-10-4-11(6-15-5-10)16-7-9-1-2-12-13(3-9)18-8-17-12/h1-6H,7-8,14H2. The van der Waals surface area contributed by atoms with Gasteiger partial charge in [-0.15, -0.1) is 0 Å². The van der Waals surface area contributed by atoms with E-state index in [0.717, 1.165) is 17.1 Å². The molecule has 0 saturated carbocycles. The van der Waals surface area contributed by atoms with Crippen molar-refractivity contribution in [2.24, 2.45) is 0 Å². The summed E-state index contributed by atoms with van der Waals surface area (Å²) in [5, 5.41) is 0. The zero-order chi connectivity index (χ0) is 12.4. The number of benzene rings is 1. The van der Waals surface area contributed by atoms with Crippen LogP contribution in [-0.4, -0.2) is 11.8 Å². The van der Waals surface area contributed by atoms with Gasteiger partial charge in [0.05, 0.1) is 18.1 Å². The fraction of sp³-hybridized carbons (Fsp3) is 0.154. The molecule has 1 aliphatic heterocycles. The van der Waals surface area contributed by atoms with Crippen LogP contribution in [0.1, 0.15) is 5.56 Å². The number of hydrogen-bond acceptors (Lipinski definition) is 5. The van der Waals surface area contributed by atoms with Crippen molar-refractivity contribution in [1.29, 1.82) is 0 Å². The lowest BCUT2D eigenvalue weighted by Gasteiger charge is -2.07. The molecule has 0 saturated heterocycles. The number of ether oxygens (including phenoxy) is 3. The number of anilines is 1. The number of aromatic nitrogens is 1. The topological polar surface area (TPSA) is 66.6 Å². The van der Waals surface area contributed by atoms with Crippen LogP contribution < -0.4 is 19.9 Å². The lowest BCUT2D eigenvalue weighted by molar-refractivity contribution is 0.174. The second kappa shape index (κ2) is 4.44. The summed E-state index contributed by atoms with van der Waals surface area (Å²) in [7, 11) is 0. The third kappa shape index (κ3) is 2.15. The number of hydrogen-bond donors (Lipinski definition) is 1. The van der Waals surface area contributed by atoms with E-state index in [1.54, 1.807) is 18.5 Å². The van der Waals surface area contributed by atoms with Crippen LogP contribution in [0.2, 0.25) is 0 Å². The van der Waals surface area contributed by atoms with Gasteiger partial charge >= 0.3 is 0 Å². The van der Waals surface area contributed by atoms with Gasteiger partial charge in [-0.25, -0.2) is 0 Å². The Bertz CT molecular complexity index is 572. The summed E-state index contributed by atoms with van der Waals surface area (Å²) in [4.78, 5) is 3.96. The molecular formula is C13H12N2O3. The molecule has 92 valence electrons. The van der Waals surface area contributed by atoms with Crippen molar-refractivity contribution in [3.05, 3.63) is 42.2 Å². The Kier molecular flexibility index (Phi) is 2.64. The van der Waals surface area contributed by atoms with Gasteiger partial charge in [0.15, 0.2) is 11.5 Å². The molecule has 0 bridgehead atoms. The van der Waals surface area contributed by atoms with Gasteiger partial charge in [0.1, 0.15) is 12.4 Å². The minimum Gasteiger partial charge on any atom is -0.487 e. The molecule has 2 N–H and O–H groups in total. The first kappa shape index (κ1) is 10.7. The maximum atomic E-state index is 5.62. The number of nitrogens with two attached hydrogens (primary N) is 1. The first-order valence-corrected chi connectivity index (χ1v) is 5.53. The molecule has 2 heterocycles. The molecule has 0 radical (unpaired) electrons. The van der Waals surface area contributed by atoms with Crippen molar-refractivity contribution >= 4 is 5.69 Å². The minimum atomic E-state index is 0.277. The van der Waals surface area contributed by atoms with E-state index in [-0.39, 0.29) is 6.79 Å². The minimum absolute atomic E-state index is 0.277. The van der Waals surface area contributed by atoms with Crippen molar-refractivity contribution in [2.45, 2.75) is 6.61 Å². The predicted molar refractivity (Wildman–Crippen MR) is 65.5 cm³/mol. The second-order valence-corrected chi connectivity index (χ2v) is 3.93. The molecule has 0 amide bonds. The maximum absolute atomic E-state index is 5.62. The molecule has 1 aromatic carbocycles. The van der Waals surface area contributed by atoms with Gasteiger partial charge in [0.2, 0.25) is 6.79 Å². The molecular weight excluding hydrogens is 232 g/mol. The lowest BCUT2D eigenvalue weighted by Crippen LogP contribution is -1.97. The zero-order valence-corrected chi connectivity index (χ0v) is 9.63. The van der Waals surface area contributed by atoms with Gasteiger partial charge in [-0.1, -0.05) is 6.07 Å². The van der Waals surface area contributed by atoms with Crippen molar-refractivity contribution in [2.75, 3.05) is 12.5 Å². The molecule has 0 unspecified atom stereocenters.